The summed E-state index contributed by atoms with van der Waals surface area (Å²) < 4.78 is 5.84. The van der Waals surface area contributed by atoms with Crippen molar-refractivity contribution in [2.45, 2.75) is 50.7 Å². The zero-order valence-electron chi connectivity index (χ0n) is 9.51. The maximum atomic E-state index is 5.84. The summed E-state index contributed by atoms with van der Waals surface area (Å²) >= 11 is 0. The Hall–Kier alpha value is -0.340. The van der Waals surface area contributed by atoms with E-state index in [1.54, 1.807) is 0 Å². The number of rotatable bonds is 6. The highest BCUT2D eigenvalue weighted by Crippen LogP contribution is 2.30. The predicted octanol–water partition coefficient (Wildman–Crippen LogP) is 2.50. The molecule has 14 heavy (non-hydrogen) atoms. The van der Waals surface area contributed by atoms with Crippen LogP contribution in [0.3, 0.4) is 0 Å². The van der Waals surface area contributed by atoms with Crippen LogP contribution in [-0.2, 0) is 4.74 Å². The number of unbranched alkanes of at least 4 members (excludes halogenated alkanes) is 1. The molecule has 0 aliphatic carbocycles. The minimum Gasteiger partial charge on any atom is -0.374 e. The SMILES string of the molecule is C=CCCCC(NC)C1(C)CCCO1. The molecule has 1 aliphatic rings. The van der Waals surface area contributed by atoms with Gasteiger partial charge in [-0.2, -0.15) is 0 Å². The number of hydrogen-bond acceptors (Lipinski definition) is 2. The standard InChI is InChI=1S/C12H23NO/c1-4-5-6-8-11(13-3)12(2)9-7-10-14-12/h4,11,13H,1,5-10H2,2-3H3. The van der Waals surface area contributed by atoms with E-state index in [9.17, 15) is 0 Å². The van der Waals surface area contributed by atoms with Gasteiger partial charge in [-0.05, 0) is 46.1 Å². The lowest BCUT2D eigenvalue weighted by Crippen LogP contribution is -2.46. The third kappa shape index (κ3) is 2.82. The van der Waals surface area contributed by atoms with Gasteiger partial charge in [0.15, 0.2) is 0 Å². The summed E-state index contributed by atoms with van der Waals surface area (Å²) in [6.07, 6.45) is 7.87. The molecule has 0 aromatic rings. The minimum absolute atomic E-state index is 0.0654. The maximum absolute atomic E-state index is 5.84. The van der Waals surface area contributed by atoms with Crippen LogP contribution in [0, 0.1) is 0 Å². The molecule has 0 aromatic heterocycles. The van der Waals surface area contributed by atoms with Crippen molar-refractivity contribution in [1.29, 1.82) is 0 Å². The molecular formula is C12H23NO. The van der Waals surface area contributed by atoms with Gasteiger partial charge in [-0.25, -0.2) is 0 Å². The van der Waals surface area contributed by atoms with Gasteiger partial charge < -0.3 is 10.1 Å². The van der Waals surface area contributed by atoms with Gasteiger partial charge in [-0.1, -0.05) is 6.08 Å². The third-order valence-electron chi connectivity index (χ3n) is 3.24. The second-order valence-corrected chi connectivity index (χ2v) is 4.33. The van der Waals surface area contributed by atoms with Gasteiger partial charge >= 0.3 is 0 Å². The molecule has 1 aliphatic heterocycles. The average Bonchev–Trinajstić information content (AvgIpc) is 2.61. The number of allylic oxidation sites excluding steroid dienone is 1. The molecule has 0 aromatic carbocycles. The van der Waals surface area contributed by atoms with Crippen LogP contribution in [0.4, 0.5) is 0 Å². The summed E-state index contributed by atoms with van der Waals surface area (Å²) in [5.74, 6) is 0. The highest BCUT2D eigenvalue weighted by atomic mass is 16.5. The van der Waals surface area contributed by atoms with Gasteiger partial charge in [0.25, 0.3) is 0 Å². The molecule has 0 amide bonds. The quantitative estimate of drug-likeness (QED) is 0.522. The highest BCUT2D eigenvalue weighted by molar-refractivity contribution is 4.92. The van der Waals surface area contributed by atoms with Crippen molar-refractivity contribution in [2.75, 3.05) is 13.7 Å². The lowest BCUT2D eigenvalue weighted by molar-refractivity contribution is -0.0122. The molecule has 2 nitrogen and oxygen atoms in total. The van der Waals surface area contributed by atoms with E-state index in [1.165, 1.54) is 25.7 Å². The second kappa shape index (κ2) is 5.52. The zero-order valence-corrected chi connectivity index (χ0v) is 9.51. The summed E-state index contributed by atoms with van der Waals surface area (Å²) in [4.78, 5) is 0. The molecule has 0 bridgehead atoms. The topological polar surface area (TPSA) is 21.3 Å². The van der Waals surface area contributed by atoms with Crippen LogP contribution in [0.5, 0.6) is 0 Å². The van der Waals surface area contributed by atoms with Gasteiger partial charge in [0, 0.05) is 12.6 Å². The largest absolute Gasteiger partial charge is 0.374 e. The Kier molecular flexibility index (Phi) is 4.63. The van der Waals surface area contributed by atoms with E-state index in [0.29, 0.717) is 6.04 Å². The van der Waals surface area contributed by atoms with Gasteiger partial charge in [0.05, 0.1) is 5.60 Å². The van der Waals surface area contributed by atoms with Crippen molar-refractivity contribution in [2.24, 2.45) is 0 Å². The number of ether oxygens (including phenoxy) is 1. The van der Waals surface area contributed by atoms with Crippen LogP contribution in [0.15, 0.2) is 12.7 Å². The normalized spacial score (nSPS) is 29.0. The van der Waals surface area contributed by atoms with Gasteiger partial charge in [0.1, 0.15) is 0 Å². The summed E-state index contributed by atoms with van der Waals surface area (Å²) in [6, 6.07) is 0.491. The smallest absolute Gasteiger partial charge is 0.0807 e. The van der Waals surface area contributed by atoms with Crippen LogP contribution in [-0.4, -0.2) is 25.3 Å². The molecule has 1 rings (SSSR count). The Balaban J connectivity index is 2.39. The van der Waals surface area contributed by atoms with E-state index >= 15 is 0 Å². The van der Waals surface area contributed by atoms with Crippen molar-refractivity contribution in [3.05, 3.63) is 12.7 Å². The Morgan fingerprint density at radius 3 is 2.93 bits per heavy atom. The average molecular weight is 197 g/mol. The van der Waals surface area contributed by atoms with E-state index in [-0.39, 0.29) is 5.60 Å². The fraction of sp³-hybridized carbons (Fsp3) is 0.833. The Labute approximate surface area is 87.7 Å². The first-order valence-electron chi connectivity index (χ1n) is 5.65. The van der Waals surface area contributed by atoms with Crippen LogP contribution in [0.1, 0.15) is 39.0 Å². The minimum atomic E-state index is 0.0654. The van der Waals surface area contributed by atoms with Crippen molar-refractivity contribution in [3.8, 4) is 0 Å². The lowest BCUT2D eigenvalue weighted by Gasteiger charge is -2.33. The highest BCUT2D eigenvalue weighted by Gasteiger charge is 2.36. The lowest BCUT2D eigenvalue weighted by atomic mass is 9.89. The molecule has 2 unspecified atom stereocenters. The molecular weight excluding hydrogens is 174 g/mol. The predicted molar refractivity (Wildman–Crippen MR) is 60.5 cm³/mol. The summed E-state index contributed by atoms with van der Waals surface area (Å²) in [5.41, 5.74) is 0.0654. The van der Waals surface area contributed by atoms with Crippen LogP contribution < -0.4 is 5.32 Å². The fourth-order valence-electron chi connectivity index (χ4n) is 2.30. The monoisotopic (exact) mass is 197 g/mol. The second-order valence-electron chi connectivity index (χ2n) is 4.33. The number of nitrogens with one attached hydrogen (secondary N) is 1. The molecule has 1 saturated heterocycles. The molecule has 1 heterocycles. The first-order valence-corrected chi connectivity index (χ1v) is 5.65. The van der Waals surface area contributed by atoms with Crippen molar-refractivity contribution < 1.29 is 4.74 Å². The van der Waals surface area contributed by atoms with E-state index in [0.717, 1.165) is 13.0 Å². The Morgan fingerprint density at radius 2 is 2.43 bits per heavy atom. The molecule has 0 radical (unpaired) electrons. The first kappa shape index (κ1) is 11.7. The van der Waals surface area contributed by atoms with E-state index < -0.39 is 0 Å². The summed E-state index contributed by atoms with van der Waals surface area (Å²) in [7, 11) is 2.03. The van der Waals surface area contributed by atoms with E-state index in [4.69, 9.17) is 4.74 Å². The molecule has 82 valence electrons. The Bertz CT molecular complexity index is 173. The van der Waals surface area contributed by atoms with Crippen molar-refractivity contribution in [3.63, 3.8) is 0 Å². The fourth-order valence-corrected chi connectivity index (χ4v) is 2.30. The van der Waals surface area contributed by atoms with Gasteiger partial charge in [0.2, 0.25) is 0 Å². The molecule has 0 spiro atoms. The van der Waals surface area contributed by atoms with Crippen LogP contribution >= 0.6 is 0 Å². The molecule has 1 N–H and O–H groups in total. The Morgan fingerprint density at radius 1 is 1.64 bits per heavy atom. The van der Waals surface area contributed by atoms with Crippen molar-refractivity contribution in [1.82, 2.24) is 5.32 Å². The first-order chi connectivity index (χ1) is 6.73. The van der Waals surface area contributed by atoms with E-state index in [1.807, 2.05) is 13.1 Å². The maximum Gasteiger partial charge on any atom is 0.0807 e. The zero-order chi connectivity index (χ0) is 10.4. The van der Waals surface area contributed by atoms with Crippen LogP contribution in [0.2, 0.25) is 0 Å². The van der Waals surface area contributed by atoms with E-state index in [2.05, 4.69) is 18.8 Å². The molecule has 0 saturated carbocycles. The molecule has 2 heteroatoms. The number of likely N-dealkylation sites (N-methyl/N-ethyl adjacent to an activating group) is 1. The van der Waals surface area contributed by atoms with Gasteiger partial charge in [-0.15, -0.1) is 6.58 Å². The third-order valence-corrected chi connectivity index (χ3v) is 3.24. The summed E-state index contributed by atoms with van der Waals surface area (Å²) in [5, 5.41) is 3.38. The van der Waals surface area contributed by atoms with Crippen LogP contribution in [0.25, 0.3) is 0 Å². The van der Waals surface area contributed by atoms with Gasteiger partial charge in [-0.3, -0.25) is 0 Å². The molecule has 1 fully saturated rings. The summed E-state index contributed by atoms with van der Waals surface area (Å²) in [6.45, 7) is 6.90. The molecule has 2 atom stereocenters. The number of hydrogen-bond donors (Lipinski definition) is 1. The van der Waals surface area contributed by atoms with Crippen molar-refractivity contribution >= 4 is 0 Å².